The first-order valence-corrected chi connectivity index (χ1v) is 11.5. The van der Waals surface area contributed by atoms with Crippen molar-refractivity contribution in [1.29, 1.82) is 0 Å². The lowest BCUT2D eigenvalue weighted by Crippen LogP contribution is -2.46. The maximum absolute atomic E-state index is 13.4. The first-order valence-electron chi connectivity index (χ1n) is 11.5. The number of amides is 2. The van der Waals surface area contributed by atoms with Gasteiger partial charge >= 0.3 is 6.18 Å². The summed E-state index contributed by atoms with van der Waals surface area (Å²) in [5.41, 5.74) is 0.350. The van der Waals surface area contributed by atoms with E-state index >= 15 is 0 Å². The van der Waals surface area contributed by atoms with E-state index in [1.165, 1.54) is 11.2 Å². The maximum atomic E-state index is 13.4. The molecule has 186 valence electrons. The van der Waals surface area contributed by atoms with Crippen LogP contribution in [0.25, 0.3) is 0 Å². The summed E-state index contributed by atoms with van der Waals surface area (Å²) in [5, 5.41) is 0. The van der Waals surface area contributed by atoms with Gasteiger partial charge in [0.25, 0.3) is 5.91 Å². The molecule has 0 saturated heterocycles. The van der Waals surface area contributed by atoms with Crippen LogP contribution >= 0.6 is 0 Å². The Morgan fingerprint density at radius 2 is 1.66 bits per heavy atom. The van der Waals surface area contributed by atoms with E-state index in [-0.39, 0.29) is 30.6 Å². The van der Waals surface area contributed by atoms with Crippen molar-refractivity contribution in [2.75, 3.05) is 13.1 Å². The Kier molecular flexibility index (Phi) is 8.73. The molecule has 35 heavy (non-hydrogen) atoms. The van der Waals surface area contributed by atoms with Crippen molar-refractivity contribution in [1.82, 2.24) is 9.80 Å². The van der Waals surface area contributed by atoms with E-state index in [4.69, 9.17) is 4.42 Å². The molecule has 8 heteroatoms. The summed E-state index contributed by atoms with van der Waals surface area (Å²) in [7, 11) is 0. The number of furan rings is 1. The van der Waals surface area contributed by atoms with Crippen LogP contribution in [0.4, 0.5) is 13.2 Å². The zero-order valence-corrected chi connectivity index (χ0v) is 19.8. The predicted octanol–water partition coefficient (Wildman–Crippen LogP) is 5.81. The molecule has 0 spiro atoms. The average Bonchev–Trinajstić information content (AvgIpc) is 3.37. The van der Waals surface area contributed by atoms with Gasteiger partial charge in [0.05, 0.1) is 18.4 Å². The summed E-state index contributed by atoms with van der Waals surface area (Å²) >= 11 is 0. The molecule has 3 rings (SSSR count). The Hall–Kier alpha value is -3.55. The smallest absolute Gasteiger partial charge is 0.416 e. The van der Waals surface area contributed by atoms with Gasteiger partial charge in [0.1, 0.15) is 12.3 Å². The van der Waals surface area contributed by atoms with Crippen molar-refractivity contribution in [2.24, 2.45) is 0 Å². The summed E-state index contributed by atoms with van der Waals surface area (Å²) in [6.07, 6.45) is -1.74. The Morgan fingerprint density at radius 3 is 2.23 bits per heavy atom. The highest BCUT2D eigenvalue weighted by Gasteiger charge is 2.31. The Balaban J connectivity index is 1.78. The standard InChI is InChI=1S/C27H29F3N2O3/c1-3-20(2)32(26(34)22-11-13-23(14-12-22)27(28,29)30)19-25(33)31(18-24-10-7-17-35-24)16-15-21-8-5-4-6-9-21/h4-14,17,20H,3,15-16,18-19H2,1-2H3/t20-/m1/s1. The largest absolute Gasteiger partial charge is 0.467 e. The molecular formula is C27H29F3N2O3. The number of hydrogen-bond donors (Lipinski definition) is 0. The van der Waals surface area contributed by atoms with E-state index < -0.39 is 17.6 Å². The van der Waals surface area contributed by atoms with E-state index in [1.54, 1.807) is 17.0 Å². The number of halogens is 3. The van der Waals surface area contributed by atoms with Gasteiger partial charge in [0.15, 0.2) is 0 Å². The summed E-state index contributed by atoms with van der Waals surface area (Å²) in [6.45, 7) is 4.19. The van der Waals surface area contributed by atoms with Gasteiger partial charge in [-0.2, -0.15) is 13.2 Å². The van der Waals surface area contributed by atoms with Gasteiger partial charge in [0, 0.05) is 18.2 Å². The Labute approximate surface area is 203 Å². The maximum Gasteiger partial charge on any atom is 0.416 e. The third kappa shape index (κ3) is 7.21. The molecule has 5 nitrogen and oxygen atoms in total. The molecule has 0 radical (unpaired) electrons. The summed E-state index contributed by atoms with van der Waals surface area (Å²) < 4.78 is 44.2. The lowest BCUT2D eigenvalue weighted by Gasteiger charge is -2.31. The molecule has 1 heterocycles. The van der Waals surface area contributed by atoms with Crippen LogP contribution in [0.1, 0.15) is 47.5 Å². The monoisotopic (exact) mass is 486 g/mol. The molecule has 0 saturated carbocycles. The minimum absolute atomic E-state index is 0.105. The lowest BCUT2D eigenvalue weighted by molar-refractivity contribution is -0.137. The topological polar surface area (TPSA) is 53.8 Å². The fourth-order valence-electron chi connectivity index (χ4n) is 3.65. The van der Waals surface area contributed by atoms with Crippen LogP contribution in [0.15, 0.2) is 77.4 Å². The molecule has 1 atom stereocenters. The molecule has 0 aliphatic rings. The summed E-state index contributed by atoms with van der Waals surface area (Å²) in [6, 6.07) is 17.1. The van der Waals surface area contributed by atoms with Gasteiger partial charge < -0.3 is 14.2 Å². The highest BCUT2D eigenvalue weighted by Crippen LogP contribution is 2.29. The van der Waals surface area contributed by atoms with Crippen molar-refractivity contribution in [2.45, 2.75) is 45.5 Å². The number of rotatable bonds is 10. The average molecular weight is 487 g/mol. The fourth-order valence-corrected chi connectivity index (χ4v) is 3.65. The normalized spacial score (nSPS) is 12.3. The van der Waals surface area contributed by atoms with E-state index in [1.807, 2.05) is 44.2 Å². The van der Waals surface area contributed by atoms with Gasteiger partial charge in [0.2, 0.25) is 5.91 Å². The van der Waals surface area contributed by atoms with Crippen molar-refractivity contribution in [3.8, 4) is 0 Å². The molecule has 1 aromatic heterocycles. The first-order chi connectivity index (χ1) is 16.7. The van der Waals surface area contributed by atoms with Crippen molar-refractivity contribution >= 4 is 11.8 Å². The van der Waals surface area contributed by atoms with Crippen molar-refractivity contribution in [3.63, 3.8) is 0 Å². The van der Waals surface area contributed by atoms with Crippen molar-refractivity contribution in [3.05, 3.63) is 95.4 Å². The van der Waals surface area contributed by atoms with Gasteiger partial charge in [-0.15, -0.1) is 0 Å². The zero-order chi connectivity index (χ0) is 25.4. The number of carbonyl (C=O) groups is 2. The molecule has 0 aliphatic carbocycles. The molecule has 0 bridgehead atoms. The van der Waals surface area contributed by atoms with Crippen LogP contribution in [0.3, 0.4) is 0 Å². The molecule has 2 amide bonds. The quantitative estimate of drug-likeness (QED) is 0.363. The molecule has 0 aliphatic heterocycles. The molecule has 0 N–H and O–H groups in total. The zero-order valence-electron chi connectivity index (χ0n) is 19.8. The van der Waals surface area contributed by atoms with Gasteiger partial charge in [-0.3, -0.25) is 9.59 Å². The number of carbonyl (C=O) groups excluding carboxylic acids is 2. The minimum Gasteiger partial charge on any atom is -0.467 e. The fraction of sp³-hybridized carbons (Fsp3) is 0.333. The number of hydrogen-bond acceptors (Lipinski definition) is 3. The molecule has 0 unspecified atom stereocenters. The molecule has 0 fully saturated rings. The van der Waals surface area contributed by atoms with E-state index in [0.717, 1.165) is 29.8 Å². The highest BCUT2D eigenvalue weighted by molar-refractivity contribution is 5.96. The Morgan fingerprint density at radius 1 is 0.971 bits per heavy atom. The number of alkyl halides is 3. The van der Waals surface area contributed by atoms with E-state index in [0.29, 0.717) is 25.1 Å². The highest BCUT2D eigenvalue weighted by atomic mass is 19.4. The molecule has 3 aromatic rings. The summed E-state index contributed by atoms with van der Waals surface area (Å²) in [4.78, 5) is 29.7. The molecular weight excluding hydrogens is 457 g/mol. The third-order valence-corrected chi connectivity index (χ3v) is 5.94. The van der Waals surface area contributed by atoms with Crippen LogP contribution in [0.5, 0.6) is 0 Å². The van der Waals surface area contributed by atoms with Crippen LogP contribution < -0.4 is 0 Å². The Bertz CT molecular complexity index is 1080. The van der Waals surface area contributed by atoms with Crippen LogP contribution in [0, 0.1) is 0 Å². The number of nitrogens with zero attached hydrogens (tertiary/aromatic N) is 2. The number of benzene rings is 2. The second-order valence-electron chi connectivity index (χ2n) is 8.40. The second-order valence-corrected chi connectivity index (χ2v) is 8.40. The van der Waals surface area contributed by atoms with E-state index in [9.17, 15) is 22.8 Å². The molecule has 2 aromatic carbocycles. The van der Waals surface area contributed by atoms with E-state index in [2.05, 4.69) is 0 Å². The SMILES string of the molecule is CC[C@@H](C)N(CC(=O)N(CCc1ccccc1)Cc1ccco1)C(=O)c1ccc(C(F)(F)F)cc1. The lowest BCUT2D eigenvalue weighted by atomic mass is 10.1. The van der Waals surface area contributed by atoms with Gasteiger partial charge in [-0.1, -0.05) is 37.3 Å². The van der Waals surface area contributed by atoms with Crippen molar-refractivity contribution < 1.29 is 27.2 Å². The van der Waals surface area contributed by atoms with Crippen LogP contribution in [-0.4, -0.2) is 40.7 Å². The first kappa shape index (κ1) is 26.1. The van der Waals surface area contributed by atoms with Gasteiger partial charge in [-0.05, 0) is 61.7 Å². The van der Waals surface area contributed by atoms with Crippen LogP contribution in [-0.2, 0) is 23.9 Å². The van der Waals surface area contributed by atoms with Gasteiger partial charge in [-0.25, -0.2) is 0 Å². The summed E-state index contributed by atoms with van der Waals surface area (Å²) in [5.74, 6) is -0.129. The minimum atomic E-state index is -4.49. The van der Waals surface area contributed by atoms with Crippen LogP contribution in [0.2, 0.25) is 0 Å². The predicted molar refractivity (Wildman–Crippen MR) is 127 cm³/mol. The second kappa shape index (κ2) is 11.7. The third-order valence-electron chi connectivity index (χ3n) is 5.94.